The molecule has 4 aliphatic rings. The van der Waals surface area contributed by atoms with Crippen molar-refractivity contribution in [1.82, 2.24) is 19.9 Å². The third-order valence-electron chi connectivity index (χ3n) is 9.97. The zero-order valence-electron chi connectivity index (χ0n) is 23.1. The van der Waals surface area contributed by atoms with Crippen LogP contribution in [0.3, 0.4) is 0 Å². The van der Waals surface area contributed by atoms with Gasteiger partial charge in [0.25, 0.3) is 0 Å². The van der Waals surface area contributed by atoms with Crippen molar-refractivity contribution >= 4 is 39.1 Å². The number of piperidine rings is 1. The molecule has 2 aromatic carbocycles. The summed E-state index contributed by atoms with van der Waals surface area (Å²) in [5, 5.41) is 13.2. The normalized spacial score (nSPS) is 29.1. The highest BCUT2D eigenvalue weighted by Gasteiger charge is 2.49. The zero-order chi connectivity index (χ0) is 28.6. The number of hydrogen-bond donors (Lipinski definition) is 1. The highest BCUT2D eigenvalue weighted by atomic mass is 35.5. The van der Waals surface area contributed by atoms with Crippen LogP contribution in [-0.2, 0) is 0 Å². The lowest BCUT2D eigenvalue weighted by atomic mass is 9.95. The highest BCUT2D eigenvalue weighted by Crippen LogP contribution is 2.43. The number of fused-ring (bicyclic) bond motifs is 5. The van der Waals surface area contributed by atoms with Crippen molar-refractivity contribution in [1.29, 1.82) is 0 Å². The number of halogens is 3. The summed E-state index contributed by atoms with van der Waals surface area (Å²) < 4.78 is 37.3. The van der Waals surface area contributed by atoms with Crippen LogP contribution in [0.25, 0.3) is 32.9 Å². The topological polar surface area (TPSA) is 74.6 Å². The summed E-state index contributed by atoms with van der Waals surface area (Å²) in [6, 6.07) is 11.3. The Kier molecular flexibility index (Phi) is 6.28. The fraction of sp³-hybridized carbons (Fsp3) is 0.469. The van der Waals surface area contributed by atoms with Gasteiger partial charge in [-0.15, -0.1) is 0 Å². The summed E-state index contributed by atoms with van der Waals surface area (Å²) in [5.41, 5.74) is 0.480. The first kappa shape index (κ1) is 26.5. The van der Waals surface area contributed by atoms with E-state index in [4.69, 9.17) is 21.3 Å². The van der Waals surface area contributed by atoms with Gasteiger partial charge >= 0.3 is 6.01 Å². The fourth-order valence-electron chi connectivity index (χ4n) is 8.06. The summed E-state index contributed by atoms with van der Waals surface area (Å²) in [4.78, 5) is 18.3. The molecule has 0 unspecified atom stereocenters. The fourth-order valence-corrected chi connectivity index (χ4v) is 8.34. The van der Waals surface area contributed by atoms with Gasteiger partial charge in [0.05, 0.1) is 17.0 Å². The van der Waals surface area contributed by atoms with Crippen LogP contribution in [0.5, 0.6) is 6.01 Å². The second-order valence-electron chi connectivity index (χ2n) is 12.6. The lowest BCUT2D eigenvalue weighted by molar-refractivity contribution is 0.107. The summed E-state index contributed by atoms with van der Waals surface area (Å²) in [5.74, 6) is 0.468. The average Bonchev–Trinajstić information content (AvgIpc) is 3.60. The van der Waals surface area contributed by atoms with Gasteiger partial charge in [-0.1, -0.05) is 41.9 Å². The van der Waals surface area contributed by atoms with E-state index in [1.54, 1.807) is 12.3 Å². The predicted molar refractivity (Wildman–Crippen MR) is 158 cm³/mol. The second-order valence-corrected chi connectivity index (χ2v) is 13.0. The number of benzene rings is 2. The van der Waals surface area contributed by atoms with Crippen LogP contribution in [0.1, 0.15) is 32.1 Å². The highest BCUT2D eigenvalue weighted by molar-refractivity contribution is 6.36. The largest absolute Gasteiger partial charge is 0.461 e. The van der Waals surface area contributed by atoms with E-state index in [0.717, 1.165) is 43.0 Å². The molecule has 3 saturated heterocycles. The SMILES string of the molecule is O[C@@H]1C[C@H]2C[C@@H]1CN(c1nc(OC[C@@]34CCCN3C[C@H](F)C4)nc3c(F)c(-c4cccc5cccc(Cl)c45)ncc13)C2. The van der Waals surface area contributed by atoms with Gasteiger partial charge in [-0.05, 0) is 49.6 Å². The van der Waals surface area contributed by atoms with Crippen LogP contribution in [0.4, 0.5) is 14.6 Å². The molecular weight excluding hydrogens is 560 g/mol. The molecule has 8 rings (SSSR count). The molecule has 10 heteroatoms. The summed E-state index contributed by atoms with van der Waals surface area (Å²) in [6.45, 7) is 2.85. The van der Waals surface area contributed by atoms with E-state index in [0.29, 0.717) is 53.8 Å². The maximum Gasteiger partial charge on any atom is 0.319 e. The number of nitrogens with zero attached hydrogens (tertiary/aromatic N) is 5. The van der Waals surface area contributed by atoms with Gasteiger partial charge < -0.3 is 14.7 Å². The van der Waals surface area contributed by atoms with E-state index < -0.39 is 12.0 Å². The quantitative estimate of drug-likeness (QED) is 0.314. The Morgan fingerprint density at radius 1 is 1.10 bits per heavy atom. The number of rotatable bonds is 5. The van der Waals surface area contributed by atoms with Gasteiger partial charge in [0, 0.05) is 54.1 Å². The van der Waals surface area contributed by atoms with E-state index >= 15 is 4.39 Å². The Morgan fingerprint density at radius 2 is 1.95 bits per heavy atom. The molecule has 1 aliphatic carbocycles. The summed E-state index contributed by atoms with van der Waals surface area (Å²) >= 11 is 6.58. The number of aromatic nitrogens is 3. The Bertz CT molecular complexity index is 1700. The van der Waals surface area contributed by atoms with Crippen LogP contribution in [0, 0.1) is 17.7 Å². The molecule has 0 radical (unpaired) electrons. The van der Waals surface area contributed by atoms with Gasteiger partial charge in [0.2, 0.25) is 0 Å². The number of hydrogen-bond acceptors (Lipinski definition) is 7. The van der Waals surface area contributed by atoms with Crippen molar-refractivity contribution in [2.24, 2.45) is 11.8 Å². The van der Waals surface area contributed by atoms with Crippen molar-refractivity contribution in [3.05, 3.63) is 53.4 Å². The molecule has 4 fully saturated rings. The van der Waals surface area contributed by atoms with Crippen LogP contribution >= 0.6 is 11.6 Å². The van der Waals surface area contributed by atoms with E-state index in [1.165, 1.54) is 0 Å². The molecule has 7 nitrogen and oxygen atoms in total. The van der Waals surface area contributed by atoms with Crippen molar-refractivity contribution in [2.45, 2.75) is 49.9 Å². The molecule has 5 atom stereocenters. The zero-order valence-corrected chi connectivity index (χ0v) is 23.9. The van der Waals surface area contributed by atoms with Crippen molar-refractivity contribution < 1.29 is 18.6 Å². The van der Waals surface area contributed by atoms with Gasteiger partial charge in [-0.25, -0.2) is 8.78 Å². The lowest BCUT2D eigenvalue weighted by Gasteiger charge is -2.34. The van der Waals surface area contributed by atoms with Crippen LogP contribution in [0.2, 0.25) is 5.02 Å². The molecule has 2 bridgehead atoms. The maximum absolute atomic E-state index is 16.6. The summed E-state index contributed by atoms with van der Waals surface area (Å²) in [6.07, 6.45) is 4.42. The third kappa shape index (κ3) is 4.23. The van der Waals surface area contributed by atoms with Crippen LogP contribution in [0.15, 0.2) is 42.6 Å². The van der Waals surface area contributed by atoms with Gasteiger partial charge in [0.1, 0.15) is 29.8 Å². The number of ether oxygens (including phenoxy) is 1. The van der Waals surface area contributed by atoms with Gasteiger partial charge in [0.15, 0.2) is 5.82 Å². The molecule has 3 aliphatic heterocycles. The Hall–Kier alpha value is -3.14. The molecule has 0 amide bonds. The molecule has 0 spiro atoms. The van der Waals surface area contributed by atoms with E-state index in [9.17, 15) is 9.50 Å². The first-order valence-electron chi connectivity index (χ1n) is 14.9. The number of aliphatic hydroxyl groups excluding tert-OH is 1. The smallest absolute Gasteiger partial charge is 0.319 e. The Labute approximate surface area is 247 Å². The number of aliphatic hydroxyl groups is 1. The standard InChI is InChI=1S/C32H32ClF2N5O2/c33-24-7-2-5-19-4-1-6-22(26(19)24)28-27(35)29-23(13-36-28)30(39-14-18-10-20(15-39)25(41)11-18)38-31(37-29)42-17-32-8-3-9-40(32)16-21(34)12-32/h1-2,4-7,13,18,20-21,25,41H,3,8-12,14-17H2/t18-,20-,21-,25-,32+/m1/s1. The average molecular weight is 592 g/mol. The molecule has 1 N–H and O–H groups in total. The predicted octanol–water partition coefficient (Wildman–Crippen LogP) is 5.80. The molecule has 1 saturated carbocycles. The minimum absolute atomic E-state index is 0.0755. The molecule has 42 heavy (non-hydrogen) atoms. The van der Waals surface area contributed by atoms with E-state index in [1.807, 2.05) is 30.3 Å². The molecule has 2 aromatic heterocycles. The number of anilines is 1. The Morgan fingerprint density at radius 3 is 2.81 bits per heavy atom. The second kappa shape index (κ2) is 9.96. The first-order chi connectivity index (χ1) is 20.4. The third-order valence-corrected chi connectivity index (χ3v) is 10.3. The van der Waals surface area contributed by atoms with E-state index in [-0.39, 0.29) is 41.4 Å². The number of alkyl halides is 1. The molecule has 4 aromatic rings. The van der Waals surface area contributed by atoms with Gasteiger partial charge in [-0.2, -0.15) is 9.97 Å². The molecular formula is C32H32ClF2N5O2. The Balaban J connectivity index is 1.24. The number of pyridine rings is 1. The monoisotopic (exact) mass is 591 g/mol. The van der Waals surface area contributed by atoms with E-state index in [2.05, 4.69) is 19.8 Å². The van der Waals surface area contributed by atoms with Crippen LogP contribution in [-0.4, -0.2) is 75.6 Å². The lowest BCUT2D eigenvalue weighted by Crippen LogP contribution is -2.43. The minimum atomic E-state index is -0.879. The molecule has 5 heterocycles. The van der Waals surface area contributed by atoms with Crippen molar-refractivity contribution in [3.63, 3.8) is 0 Å². The molecule has 218 valence electrons. The summed E-state index contributed by atoms with van der Waals surface area (Å²) in [7, 11) is 0. The first-order valence-corrected chi connectivity index (χ1v) is 15.3. The van der Waals surface area contributed by atoms with Crippen LogP contribution < -0.4 is 9.64 Å². The van der Waals surface area contributed by atoms with Crippen molar-refractivity contribution in [2.75, 3.05) is 37.7 Å². The van der Waals surface area contributed by atoms with Crippen molar-refractivity contribution in [3.8, 4) is 17.3 Å². The maximum atomic E-state index is 16.6. The minimum Gasteiger partial charge on any atom is -0.461 e. The van der Waals surface area contributed by atoms with Gasteiger partial charge in [-0.3, -0.25) is 9.88 Å².